The first kappa shape index (κ1) is 15.5. The van der Waals surface area contributed by atoms with E-state index in [-0.39, 0.29) is 0 Å². The molecule has 4 nitrogen and oxygen atoms in total. The van der Waals surface area contributed by atoms with Gasteiger partial charge in [0.25, 0.3) is 0 Å². The zero-order valence-corrected chi connectivity index (χ0v) is 12.8. The maximum atomic E-state index is 11.8. The zero-order chi connectivity index (χ0) is 15.4. The van der Waals surface area contributed by atoms with Crippen molar-refractivity contribution in [3.63, 3.8) is 0 Å². The van der Waals surface area contributed by atoms with Gasteiger partial charge in [-0.15, -0.1) is 0 Å². The van der Waals surface area contributed by atoms with E-state index in [0.29, 0.717) is 39.3 Å². The number of anilines is 3. The van der Waals surface area contributed by atoms with E-state index in [9.17, 15) is 4.79 Å². The summed E-state index contributed by atoms with van der Waals surface area (Å²) >= 11 is 11.9. The summed E-state index contributed by atoms with van der Waals surface area (Å²) in [5.74, 6) is -0.456. The number of hydrogen-bond acceptors (Lipinski definition) is 4. The second kappa shape index (κ2) is 6.70. The lowest BCUT2D eigenvalue weighted by Crippen LogP contribution is -2.08. The highest BCUT2D eigenvalue weighted by Gasteiger charge is 2.11. The first-order valence-electron chi connectivity index (χ1n) is 6.29. The molecule has 0 atom stereocenters. The van der Waals surface area contributed by atoms with E-state index in [0.717, 1.165) is 0 Å². The van der Waals surface area contributed by atoms with Gasteiger partial charge in [-0.2, -0.15) is 0 Å². The lowest BCUT2D eigenvalue weighted by atomic mass is 10.1. The topological polar surface area (TPSA) is 64.3 Å². The van der Waals surface area contributed by atoms with Crippen molar-refractivity contribution in [3.8, 4) is 0 Å². The summed E-state index contributed by atoms with van der Waals surface area (Å²) in [6, 6.07) is 10.1. The predicted octanol–water partition coefficient (Wildman–Crippen LogP) is 4.50. The van der Waals surface area contributed by atoms with Crippen molar-refractivity contribution in [2.24, 2.45) is 0 Å². The third kappa shape index (κ3) is 4.03. The monoisotopic (exact) mass is 324 g/mol. The molecular formula is C15H14Cl2N2O2. The fourth-order valence-corrected chi connectivity index (χ4v) is 2.34. The van der Waals surface area contributed by atoms with Crippen LogP contribution in [0.15, 0.2) is 36.4 Å². The van der Waals surface area contributed by atoms with E-state index >= 15 is 0 Å². The van der Waals surface area contributed by atoms with Crippen LogP contribution in [0.25, 0.3) is 0 Å². The molecule has 0 saturated heterocycles. The van der Waals surface area contributed by atoms with Crippen molar-refractivity contribution in [1.82, 2.24) is 0 Å². The SMILES string of the molecule is CCOC(=O)c1cc(Nc2cc(Cl)cc(Cl)c2)ccc1N. The van der Waals surface area contributed by atoms with E-state index in [1.165, 1.54) is 0 Å². The van der Waals surface area contributed by atoms with Crippen molar-refractivity contribution in [3.05, 3.63) is 52.0 Å². The van der Waals surface area contributed by atoms with Gasteiger partial charge in [-0.05, 0) is 43.3 Å². The summed E-state index contributed by atoms with van der Waals surface area (Å²) in [5.41, 5.74) is 7.87. The molecule has 21 heavy (non-hydrogen) atoms. The number of carbonyl (C=O) groups excluding carboxylic acids is 1. The summed E-state index contributed by atoms with van der Waals surface area (Å²) < 4.78 is 4.96. The van der Waals surface area contributed by atoms with Crippen LogP contribution in [0.2, 0.25) is 10.0 Å². The summed E-state index contributed by atoms with van der Waals surface area (Å²) in [7, 11) is 0. The standard InChI is InChI=1S/C15H14Cl2N2O2/c1-2-21-15(20)13-8-11(3-4-14(13)18)19-12-6-9(16)5-10(17)7-12/h3-8,19H,2,18H2,1H3. The minimum Gasteiger partial charge on any atom is -0.462 e. The van der Waals surface area contributed by atoms with Crippen molar-refractivity contribution in [2.45, 2.75) is 6.92 Å². The van der Waals surface area contributed by atoms with Crippen molar-refractivity contribution < 1.29 is 9.53 Å². The van der Waals surface area contributed by atoms with Gasteiger partial charge in [0, 0.05) is 27.1 Å². The Morgan fingerprint density at radius 2 is 1.81 bits per heavy atom. The highest BCUT2D eigenvalue weighted by Crippen LogP contribution is 2.27. The van der Waals surface area contributed by atoms with Crippen LogP contribution in [0.5, 0.6) is 0 Å². The largest absolute Gasteiger partial charge is 0.462 e. The van der Waals surface area contributed by atoms with Gasteiger partial charge in [-0.3, -0.25) is 0 Å². The molecule has 3 N–H and O–H groups in total. The highest BCUT2D eigenvalue weighted by molar-refractivity contribution is 6.35. The van der Waals surface area contributed by atoms with Crippen LogP contribution in [0.1, 0.15) is 17.3 Å². The fraction of sp³-hybridized carbons (Fsp3) is 0.133. The van der Waals surface area contributed by atoms with Crippen LogP contribution in [-0.4, -0.2) is 12.6 Å². The van der Waals surface area contributed by atoms with Crippen LogP contribution in [0.4, 0.5) is 17.1 Å². The van der Waals surface area contributed by atoms with Crippen molar-refractivity contribution in [1.29, 1.82) is 0 Å². The summed E-state index contributed by atoms with van der Waals surface area (Å²) in [4.78, 5) is 11.8. The predicted molar refractivity (Wildman–Crippen MR) is 86.6 cm³/mol. The number of carbonyl (C=O) groups is 1. The van der Waals surface area contributed by atoms with Crippen LogP contribution >= 0.6 is 23.2 Å². The first-order valence-corrected chi connectivity index (χ1v) is 7.05. The molecule has 110 valence electrons. The Balaban J connectivity index is 2.28. The minimum absolute atomic E-state index is 0.291. The van der Waals surface area contributed by atoms with Gasteiger partial charge in [0.15, 0.2) is 0 Å². The highest BCUT2D eigenvalue weighted by atomic mass is 35.5. The Bertz CT molecular complexity index is 654. The molecule has 2 aromatic rings. The van der Waals surface area contributed by atoms with Crippen LogP contribution < -0.4 is 11.1 Å². The number of ether oxygens (including phenoxy) is 1. The number of halogens is 2. The Hall–Kier alpha value is -1.91. The summed E-state index contributed by atoms with van der Waals surface area (Å²) in [6.07, 6.45) is 0. The number of nitrogen functional groups attached to an aromatic ring is 1. The molecule has 0 aliphatic rings. The molecule has 6 heteroatoms. The Morgan fingerprint density at radius 3 is 2.43 bits per heavy atom. The van der Waals surface area contributed by atoms with E-state index in [1.54, 1.807) is 43.3 Å². The second-order valence-electron chi connectivity index (χ2n) is 4.31. The molecule has 0 unspecified atom stereocenters. The van der Waals surface area contributed by atoms with Gasteiger partial charge in [0.05, 0.1) is 12.2 Å². The summed E-state index contributed by atoms with van der Waals surface area (Å²) in [5, 5.41) is 4.16. The number of nitrogens with one attached hydrogen (secondary N) is 1. The van der Waals surface area contributed by atoms with Crippen molar-refractivity contribution in [2.75, 3.05) is 17.7 Å². The van der Waals surface area contributed by atoms with Crippen LogP contribution in [-0.2, 0) is 4.74 Å². The van der Waals surface area contributed by atoms with Crippen molar-refractivity contribution >= 4 is 46.2 Å². The number of esters is 1. The lowest BCUT2D eigenvalue weighted by molar-refractivity contribution is 0.0527. The third-order valence-electron chi connectivity index (χ3n) is 2.70. The van der Waals surface area contributed by atoms with Gasteiger partial charge < -0.3 is 15.8 Å². The van der Waals surface area contributed by atoms with E-state index in [2.05, 4.69) is 5.32 Å². The molecule has 0 heterocycles. The third-order valence-corrected chi connectivity index (χ3v) is 3.14. The second-order valence-corrected chi connectivity index (χ2v) is 5.18. The molecule has 0 fully saturated rings. The van der Waals surface area contributed by atoms with Gasteiger partial charge in [-0.25, -0.2) is 4.79 Å². The van der Waals surface area contributed by atoms with Crippen LogP contribution in [0, 0.1) is 0 Å². The molecule has 0 saturated carbocycles. The van der Waals surface area contributed by atoms with E-state index < -0.39 is 5.97 Å². The van der Waals surface area contributed by atoms with E-state index in [1.807, 2.05) is 0 Å². The number of rotatable bonds is 4. The smallest absolute Gasteiger partial charge is 0.340 e. The molecule has 2 rings (SSSR count). The molecule has 0 spiro atoms. The first-order chi connectivity index (χ1) is 9.99. The molecule has 0 radical (unpaired) electrons. The zero-order valence-electron chi connectivity index (χ0n) is 11.3. The average molecular weight is 325 g/mol. The number of benzene rings is 2. The van der Waals surface area contributed by atoms with E-state index in [4.69, 9.17) is 33.7 Å². The molecule has 2 aromatic carbocycles. The molecular weight excluding hydrogens is 311 g/mol. The normalized spacial score (nSPS) is 10.2. The van der Waals surface area contributed by atoms with Gasteiger partial charge in [-0.1, -0.05) is 23.2 Å². The summed E-state index contributed by atoms with van der Waals surface area (Å²) in [6.45, 7) is 2.03. The van der Waals surface area contributed by atoms with Gasteiger partial charge in [0.1, 0.15) is 0 Å². The fourth-order valence-electron chi connectivity index (χ4n) is 1.81. The molecule has 0 aromatic heterocycles. The number of nitrogens with two attached hydrogens (primary N) is 1. The minimum atomic E-state index is -0.456. The van der Waals surface area contributed by atoms with Crippen LogP contribution in [0.3, 0.4) is 0 Å². The maximum Gasteiger partial charge on any atom is 0.340 e. The lowest BCUT2D eigenvalue weighted by Gasteiger charge is -2.11. The number of hydrogen-bond donors (Lipinski definition) is 2. The molecule has 0 amide bonds. The Kier molecular flexibility index (Phi) is 4.94. The Morgan fingerprint density at radius 1 is 1.14 bits per heavy atom. The average Bonchev–Trinajstić information content (AvgIpc) is 2.40. The molecule has 0 aliphatic carbocycles. The Labute approximate surface area is 132 Å². The van der Waals surface area contributed by atoms with Gasteiger partial charge >= 0.3 is 5.97 Å². The maximum absolute atomic E-state index is 11.8. The molecule has 0 aliphatic heterocycles. The molecule has 0 bridgehead atoms. The quantitative estimate of drug-likeness (QED) is 0.642. The van der Waals surface area contributed by atoms with Gasteiger partial charge in [0.2, 0.25) is 0 Å².